The van der Waals surface area contributed by atoms with Crippen LogP contribution in [0.1, 0.15) is 12.5 Å². The Morgan fingerprint density at radius 3 is 2.72 bits per heavy atom. The predicted molar refractivity (Wildman–Crippen MR) is 105 cm³/mol. The van der Waals surface area contributed by atoms with E-state index in [1.807, 2.05) is 6.07 Å². The zero-order valence-corrected chi connectivity index (χ0v) is 16.1. The molecule has 0 aliphatic carbocycles. The average Bonchev–Trinajstić information content (AvgIpc) is 3.21. The SMILES string of the molecule is COc1ccc(-c2nc(NC(=O)C(C)Oc3cccc(C#N)c3)n[nH]2)c(OC)c1. The number of nitrogens with zero attached hydrogens (tertiary/aromatic N) is 3. The van der Waals surface area contributed by atoms with Gasteiger partial charge in [0.25, 0.3) is 5.91 Å². The number of rotatable bonds is 7. The molecule has 0 fully saturated rings. The topological polar surface area (TPSA) is 122 Å². The van der Waals surface area contributed by atoms with Crippen LogP contribution in [0, 0.1) is 11.3 Å². The fraction of sp³-hybridized carbons (Fsp3) is 0.200. The maximum Gasteiger partial charge on any atom is 0.267 e. The highest BCUT2D eigenvalue weighted by Gasteiger charge is 2.18. The van der Waals surface area contributed by atoms with Crippen molar-refractivity contribution in [3.8, 4) is 34.7 Å². The summed E-state index contributed by atoms with van der Waals surface area (Å²) >= 11 is 0. The van der Waals surface area contributed by atoms with E-state index in [0.29, 0.717) is 34.2 Å². The van der Waals surface area contributed by atoms with Gasteiger partial charge in [0.1, 0.15) is 17.2 Å². The van der Waals surface area contributed by atoms with Crippen LogP contribution in [-0.4, -0.2) is 41.4 Å². The van der Waals surface area contributed by atoms with Gasteiger partial charge in [-0.1, -0.05) is 6.07 Å². The molecule has 1 aromatic heterocycles. The lowest BCUT2D eigenvalue weighted by atomic mass is 10.2. The van der Waals surface area contributed by atoms with E-state index >= 15 is 0 Å². The number of carbonyl (C=O) groups is 1. The minimum absolute atomic E-state index is 0.101. The molecule has 3 aromatic rings. The molecule has 29 heavy (non-hydrogen) atoms. The first kappa shape index (κ1) is 19.7. The number of H-pyrrole nitrogens is 1. The zero-order chi connectivity index (χ0) is 20.8. The Hall–Kier alpha value is -4.06. The second-order valence-corrected chi connectivity index (χ2v) is 5.96. The first-order valence-corrected chi connectivity index (χ1v) is 8.66. The molecule has 0 saturated carbocycles. The summed E-state index contributed by atoms with van der Waals surface area (Å²) in [6, 6.07) is 13.9. The third-order valence-corrected chi connectivity index (χ3v) is 4.03. The van der Waals surface area contributed by atoms with Gasteiger partial charge in [-0.25, -0.2) is 0 Å². The van der Waals surface area contributed by atoms with Crippen molar-refractivity contribution in [3.05, 3.63) is 48.0 Å². The highest BCUT2D eigenvalue weighted by Crippen LogP contribution is 2.31. The van der Waals surface area contributed by atoms with E-state index in [4.69, 9.17) is 19.5 Å². The van der Waals surface area contributed by atoms with Crippen LogP contribution in [0.15, 0.2) is 42.5 Å². The van der Waals surface area contributed by atoms with Crippen molar-refractivity contribution < 1.29 is 19.0 Å². The number of amides is 1. The van der Waals surface area contributed by atoms with Gasteiger partial charge in [0.15, 0.2) is 11.9 Å². The van der Waals surface area contributed by atoms with Gasteiger partial charge < -0.3 is 14.2 Å². The van der Waals surface area contributed by atoms with Crippen LogP contribution in [0.3, 0.4) is 0 Å². The van der Waals surface area contributed by atoms with Gasteiger partial charge in [0, 0.05) is 6.07 Å². The fourth-order valence-electron chi connectivity index (χ4n) is 2.54. The third-order valence-electron chi connectivity index (χ3n) is 4.03. The second-order valence-electron chi connectivity index (χ2n) is 5.96. The summed E-state index contributed by atoms with van der Waals surface area (Å²) in [5.41, 5.74) is 1.11. The lowest BCUT2D eigenvalue weighted by Crippen LogP contribution is -2.30. The molecule has 0 radical (unpaired) electrons. The first-order valence-electron chi connectivity index (χ1n) is 8.66. The maximum atomic E-state index is 12.4. The molecule has 3 rings (SSSR count). The molecule has 1 atom stereocenters. The molecular weight excluding hydrogens is 374 g/mol. The molecule has 0 bridgehead atoms. The second kappa shape index (κ2) is 8.75. The standard InChI is InChI=1S/C20H19N5O4/c1-12(29-15-6-4-5-13(9-15)11-21)19(26)23-20-22-18(24-25-20)16-8-7-14(27-2)10-17(16)28-3/h4-10,12H,1-3H3,(H2,22,23,24,25,26). The number of ether oxygens (including phenoxy) is 3. The Bertz CT molecular complexity index is 1060. The highest BCUT2D eigenvalue weighted by atomic mass is 16.5. The van der Waals surface area contributed by atoms with Gasteiger partial charge in [-0.2, -0.15) is 10.2 Å². The van der Waals surface area contributed by atoms with Gasteiger partial charge in [0.05, 0.1) is 31.4 Å². The molecule has 9 nitrogen and oxygen atoms in total. The fourth-order valence-corrected chi connectivity index (χ4v) is 2.54. The molecule has 0 saturated heterocycles. The van der Waals surface area contributed by atoms with E-state index in [-0.39, 0.29) is 5.95 Å². The number of aromatic amines is 1. The monoisotopic (exact) mass is 393 g/mol. The molecule has 9 heteroatoms. The minimum atomic E-state index is -0.818. The molecular formula is C20H19N5O4. The number of nitrogens with one attached hydrogen (secondary N) is 2. The summed E-state index contributed by atoms with van der Waals surface area (Å²) in [7, 11) is 3.11. The largest absolute Gasteiger partial charge is 0.497 e. The molecule has 0 aliphatic heterocycles. The Morgan fingerprint density at radius 2 is 2.00 bits per heavy atom. The summed E-state index contributed by atoms with van der Waals surface area (Å²) < 4.78 is 16.1. The van der Waals surface area contributed by atoms with Crippen molar-refractivity contribution >= 4 is 11.9 Å². The molecule has 1 unspecified atom stereocenters. The van der Waals surface area contributed by atoms with Crippen molar-refractivity contribution in [1.29, 1.82) is 5.26 Å². The van der Waals surface area contributed by atoms with E-state index in [9.17, 15) is 4.79 Å². The molecule has 1 amide bonds. The number of nitriles is 1. The molecule has 1 heterocycles. The van der Waals surface area contributed by atoms with Gasteiger partial charge in [0.2, 0.25) is 5.95 Å². The van der Waals surface area contributed by atoms with E-state index in [0.717, 1.165) is 0 Å². The summed E-state index contributed by atoms with van der Waals surface area (Å²) in [5, 5.41) is 18.3. The summed E-state index contributed by atoms with van der Waals surface area (Å²) in [4.78, 5) is 16.7. The van der Waals surface area contributed by atoms with Crippen LogP contribution in [0.4, 0.5) is 5.95 Å². The Balaban J connectivity index is 1.69. The number of benzene rings is 2. The van der Waals surface area contributed by atoms with Gasteiger partial charge in [-0.3, -0.25) is 15.2 Å². The van der Waals surface area contributed by atoms with Crippen LogP contribution >= 0.6 is 0 Å². The zero-order valence-electron chi connectivity index (χ0n) is 16.1. The van der Waals surface area contributed by atoms with Gasteiger partial charge in [-0.05, 0) is 37.3 Å². The highest BCUT2D eigenvalue weighted by molar-refractivity contribution is 5.92. The number of hydrogen-bond donors (Lipinski definition) is 2. The maximum absolute atomic E-state index is 12.4. The molecule has 2 aromatic carbocycles. The number of hydrogen-bond acceptors (Lipinski definition) is 7. The van der Waals surface area contributed by atoms with Crippen LogP contribution in [0.25, 0.3) is 11.4 Å². The van der Waals surface area contributed by atoms with Gasteiger partial charge in [-0.15, -0.1) is 5.10 Å². The van der Waals surface area contributed by atoms with Crippen LogP contribution < -0.4 is 19.5 Å². The van der Waals surface area contributed by atoms with Crippen molar-refractivity contribution in [3.63, 3.8) is 0 Å². The molecule has 0 aliphatic rings. The quantitative estimate of drug-likeness (QED) is 0.633. The van der Waals surface area contributed by atoms with E-state index in [1.165, 1.54) is 7.11 Å². The molecule has 0 spiro atoms. The number of anilines is 1. The lowest BCUT2D eigenvalue weighted by molar-refractivity contribution is -0.122. The van der Waals surface area contributed by atoms with Crippen LogP contribution in [0.2, 0.25) is 0 Å². The summed E-state index contributed by atoms with van der Waals surface area (Å²) in [6.45, 7) is 1.59. The van der Waals surface area contributed by atoms with E-state index in [2.05, 4.69) is 20.5 Å². The molecule has 2 N–H and O–H groups in total. The Labute approximate surface area is 167 Å². The smallest absolute Gasteiger partial charge is 0.267 e. The number of methoxy groups -OCH3 is 2. The van der Waals surface area contributed by atoms with Crippen LogP contribution in [-0.2, 0) is 4.79 Å². The number of carbonyl (C=O) groups excluding carboxylic acids is 1. The van der Waals surface area contributed by atoms with E-state index < -0.39 is 12.0 Å². The Morgan fingerprint density at radius 1 is 1.17 bits per heavy atom. The minimum Gasteiger partial charge on any atom is -0.497 e. The summed E-state index contributed by atoms with van der Waals surface area (Å²) in [5.74, 6) is 1.71. The van der Waals surface area contributed by atoms with Gasteiger partial charge >= 0.3 is 0 Å². The average molecular weight is 393 g/mol. The Kier molecular flexibility index (Phi) is 5.94. The van der Waals surface area contributed by atoms with Crippen molar-refractivity contribution in [2.24, 2.45) is 0 Å². The third kappa shape index (κ3) is 4.62. The van der Waals surface area contributed by atoms with Crippen molar-refractivity contribution in [2.45, 2.75) is 13.0 Å². The normalized spacial score (nSPS) is 11.2. The molecule has 148 valence electrons. The van der Waals surface area contributed by atoms with Crippen LogP contribution in [0.5, 0.6) is 17.2 Å². The lowest BCUT2D eigenvalue weighted by Gasteiger charge is -2.13. The number of aromatic nitrogens is 3. The van der Waals surface area contributed by atoms with Crippen molar-refractivity contribution in [1.82, 2.24) is 15.2 Å². The first-order chi connectivity index (χ1) is 14.0. The predicted octanol–water partition coefficient (Wildman–Crippen LogP) is 2.77. The van der Waals surface area contributed by atoms with E-state index in [1.54, 1.807) is 56.5 Å². The van der Waals surface area contributed by atoms with Crippen molar-refractivity contribution in [2.75, 3.05) is 19.5 Å². The summed E-state index contributed by atoms with van der Waals surface area (Å²) in [6.07, 6.45) is -0.818.